The van der Waals surface area contributed by atoms with Gasteiger partial charge in [0, 0.05) is 19.3 Å². The lowest BCUT2D eigenvalue weighted by Gasteiger charge is -2.18. The molecule has 0 aliphatic carbocycles. The Labute approximate surface area is 498 Å². The van der Waals surface area contributed by atoms with Gasteiger partial charge in [-0.2, -0.15) is 0 Å². The molecule has 1 atom stereocenters. The van der Waals surface area contributed by atoms with E-state index in [2.05, 4.69) is 81.5 Å². The minimum absolute atomic E-state index is 0.0725. The molecule has 80 heavy (non-hydrogen) atoms. The minimum Gasteiger partial charge on any atom is -0.462 e. The Hall–Kier alpha value is -2.89. The van der Waals surface area contributed by atoms with Gasteiger partial charge in [0.05, 0.1) is 0 Å². The number of carbonyl (C=O) groups is 3. The van der Waals surface area contributed by atoms with Crippen molar-refractivity contribution in [1.82, 2.24) is 0 Å². The molecule has 0 aliphatic rings. The first-order valence-corrected chi connectivity index (χ1v) is 35.3. The van der Waals surface area contributed by atoms with E-state index in [1.165, 1.54) is 250 Å². The Balaban J connectivity index is 4.19. The third kappa shape index (κ3) is 65.9. The second-order valence-electron chi connectivity index (χ2n) is 23.8. The van der Waals surface area contributed by atoms with E-state index in [0.29, 0.717) is 19.3 Å². The zero-order valence-electron chi connectivity index (χ0n) is 53.6. The van der Waals surface area contributed by atoms with Crippen molar-refractivity contribution in [2.75, 3.05) is 13.2 Å². The molecule has 0 N–H and O–H groups in total. The summed E-state index contributed by atoms with van der Waals surface area (Å²) in [5.74, 6) is -0.857. The van der Waals surface area contributed by atoms with E-state index < -0.39 is 6.10 Å². The second kappa shape index (κ2) is 68.6. The van der Waals surface area contributed by atoms with Crippen LogP contribution in [0.4, 0.5) is 0 Å². The number of hydrogen-bond acceptors (Lipinski definition) is 6. The van der Waals surface area contributed by atoms with Crippen LogP contribution in [0, 0.1) is 0 Å². The molecular weight excluding hydrogens is 985 g/mol. The molecule has 0 heterocycles. The van der Waals surface area contributed by atoms with Gasteiger partial charge in [0.2, 0.25) is 0 Å². The van der Waals surface area contributed by atoms with Gasteiger partial charge in [0.15, 0.2) is 6.10 Å². The zero-order chi connectivity index (χ0) is 57.8. The molecule has 0 spiro atoms. The van der Waals surface area contributed by atoms with E-state index >= 15 is 0 Å². The van der Waals surface area contributed by atoms with Gasteiger partial charge >= 0.3 is 17.9 Å². The van der Waals surface area contributed by atoms with Gasteiger partial charge < -0.3 is 14.2 Å². The van der Waals surface area contributed by atoms with Crippen LogP contribution in [0.5, 0.6) is 0 Å². The lowest BCUT2D eigenvalue weighted by molar-refractivity contribution is -0.167. The van der Waals surface area contributed by atoms with E-state index in [-0.39, 0.29) is 31.1 Å². The van der Waals surface area contributed by atoms with E-state index in [0.717, 1.165) is 83.5 Å². The number of ether oxygens (including phenoxy) is 3. The van der Waals surface area contributed by atoms with Gasteiger partial charge in [-0.1, -0.05) is 326 Å². The first kappa shape index (κ1) is 77.1. The number of allylic oxidation sites excluding steroid dienone is 10. The van der Waals surface area contributed by atoms with Crippen LogP contribution >= 0.6 is 0 Å². The van der Waals surface area contributed by atoms with Crippen LogP contribution < -0.4 is 0 Å². The maximum Gasteiger partial charge on any atom is 0.306 e. The van der Waals surface area contributed by atoms with Crippen LogP contribution in [0.25, 0.3) is 0 Å². The summed E-state index contributed by atoms with van der Waals surface area (Å²) >= 11 is 0. The molecule has 1 unspecified atom stereocenters. The Morgan fingerprint density at radius 2 is 0.450 bits per heavy atom. The molecule has 0 radical (unpaired) electrons. The SMILES string of the molecule is CCCCC/C=C\C/C=C\CCCCCCCCCC(=O)OC(COC(=O)CCCCCCCCCCCCCCCC)COC(=O)CCCCCCCCCCCCCCCCCC/C=C\C/C=C\C/C=C\CCCCCCC. The number of carbonyl (C=O) groups excluding carboxylic acids is 3. The summed E-state index contributed by atoms with van der Waals surface area (Å²) in [6.45, 7) is 6.65. The highest BCUT2D eigenvalue weighted by Crippen LogP contribution is 2.18. The van der Waals surface area contributed by atoms with Gasteiger partial charge in [-0.3, -0.25) is 14.4 Å². The zero-order valence-corrected chi connectivity index (χ0v) is 53.6. The van der Waals surface area contributed by atoms with E-state index in [1.54, 1.807) is 0 Å². The number of hydrogen-bond donors (Lipinski definition) is 0. The second-order valence-corrected chi connectivity index (χ2v) is 23.8. The average Bonchev–Trinajstić information content (AvgIpc) is 3.46. The smallest absolute Gasteiger partial charge is 0.306 e. The van der Waals surface area contributed by atoms with Crippen LogP contribution in [0.3, 0.4) is 0 Å². The molecule has 0 aromatic heterocycles. The predicted octanol–water partition coefficient (Wildman–Crippen LogP) is 24.3. The molecule has 0 rings (SSSR count). The Morgan fingerprint density at radius 1 is 0.250 bits per heavy atom. The largest absolute Gasteiger partial charge is 0.462 e. The average molecular weight is 1120 g/mol. The Morgan fingerprint density at radius 3 is 0.725 bits per heavy atom. The van der Waals surface area contributed by atoms with Crippen molar-refractivity contribution in [3.05, 3.63) is 60.8 Å². The minimum atomic E-state index is -0.777. The maximum absolute atomic E-state index is 12.9. The van der Waals surface area contributed by atoms with Crippen LogP contribution in [-0.2, 0) is 28.6 Å². The van der Waals surface area contributed by atoms with Crippen LogP contribution in [-0.4, -0.2) is 37.2 Å². The summed E-state index contributed by atoms with van der Waals surface area (Å²) in [6, 6.07) is 0. The number of rotatable bonds is 65. The molecule has 0 fully saturated rings. The van der Waals surface area contributed by atoms with Crippen molar-refractivity contribution in [1.29, 1.82) is 0 Å². The molecule has 0 saturated heterocycles. The van der Waals surface area contributed by atoms with Gasteiger partial charge in [0.1, 0.15) is 13.2 Å². The quantitative estimate of drug-likeness (QED) is 0.0261. The van der Waals surface area contributed by atoms with Crippen LogP contribution in [0.15, 0.2) is 60.8 Å². The van der Waals surface area contributed by atoms with Gasteiger partial charge in [0.25, 0.3) is 0 Å². The Bertz CT molecular complexity index is 1430. The summed E-state index contributed by atoms with van der Waals surface area (Å²) in [6.07, 6.45) is 88.2. The topological polar surface area (TPSA) is 78.9 Å². The van der Waals surface area contributed by atoms with Gasteiger partial charge in [-0.15, -0.1) is 0 Å². The first-order chi connectivity index (χ1) is 39.5. The molecule has 0 aromatic rings. The monoisotopic (exact) mass is 1120 g/mol. The molecule has 0 aromatic carbocycles. The highest BCUT2D eigenvalue weighted by atomic mass is 16.6. The highest BCUT2D eigenvalue weighted by Gasteiger charge is 2.19. The summed E-state index contributed by atoms with van der Waals surface area (Å²) in [5, 5.41) is 0. The van der Waals surface area contributed by atoms with Crippen molar-refractivity contribution in [2.24, 2.45) is 0 Å². The van der Waals surface area contributed by atoms with E-state index in [9.17, 15) is 14.4 Å². The summed E-state index contributed by atoms with van der Waals surface area (Å²) in [4.78, 5) is 38.4. The third-order valence-electron chi connectivity index (χ3n) is 15.7. The third-order valence-corrected chi connectivity index (χ3v) is 15.7. The highest BCUT2D eigenvalue weighted by molar-refractivity contribution is 5.71. The first-order valence-electron chi connectivity index (χ1n) is 35.3. The summed E-state index contributed by atoms with van der Waals surface area (Å²) in [7, 11) is 0. The molecule has 466 valence electrons. The molecule has 0 bridgehead atoms. The van der Waals surface area contributed by atoms with Crippen molar-refractivity contribution >= 4 is 17.9 Å². The molecule has 6 nitrogen and oxygen atoms in total. The summed E-state index contributed by atoms with van der Waals surface area (Å²) < 4.78 is 17.0. The van der Waals surface area contributed by atoms with Crippen molar-refractivity contribution < 1.29 is 28.6 Å². The number of esters is 3. The molecule has 0 amide bonds. The van der Waals surface area contributed by atoms with Gasteiger partial charge in [-0.05, 0) is 89.9 Å². The molecule has 0 aliphatic heterocycles. The fourth-order valence-electron chi connectivity index (χ4n) is 10.4. The fraction of sp³-hybridized carbons (Fsp3) is 0.824. The maximum atomic E-state index is 12.9. The Kier molecular flexibility index (Phi) is 66.1. The standard InChI is InChI=1S/C74H134O6/c1-4-7-10-13-16-19-22-25-28-30-31-32-33-34-35-36-37-38-39-40-41-42-43-45-46-49-52-55-58-61-64-67-73(76)79-70-71(69-78-72(75)66-63-60-57-54-51-48-27-24-21-18-15-12-9-6-3)80-74(77)68-65-62-59-56-53-50-47-44-29-26-23-20-17-14-11-8-5-2/h17,20,22,25-26,29-31,33-34,71H,4-16,18-19,21,23-24,27-28,32,35-70H2,1-3H3/b20-17-,25-22-,29-26-,31-30-,34-33-. The van der Waals surface area contributed by atoms with Crippen LogP contribution in [0.2, 0.25) is 0 Å². The van der Waals surface area contributed by atoms with Crippen molar-refractivity contribution in [3.8, 4) is 0 Å². The van der Waals surface area contributed by atoms with E-state index in [1.807, 2.05) is 0 Å². The lowest BCUT2D eigenvalue weighted by Crippen LogP contribution is -2.30. The predicted molar refractivity (Wildman–Crippen MR) is 348 cm³/mol. The van der Waals surface area contributed by atoms with Crippen molar-refractivity contribution in [2.45, 2.75) is 380 Å². The molecule has 0 saturated carbocycles. The van der Waals surface area contributed by atoms with Crippen LogP contribution in [0.1, 0.15) is 374 Å². The van der Waals surface area contributed by atoms with Gasteiger partial charge in [-0.25, -0.2) is 0 Å². The lowest BCUT2D eigenvalue weighted by atomic mass is 10.0. The van der Waals surface area contributed by atoms with E-state index in [4.69, 9.17) is 14.2 Å². The van der Waals surface area contributed by atoms with Crippen molar-refractivity contribution in [3.63, 3.8) is 0 Å². The molecule has 6 heteroatoms. The summed E-state index contributed by atoms with van der Waals surface area (Å²) in [5.41, 5.74) is 0. The fourth-order valence-corrected chi connectivity index (χ4v) is 10.4. The molecular formula is C74H134O6. The normalized spacial score (nSPS) is 12.4. The number of unbranched alkanes of at least 4 members (excludes halogenated alkanes) is 44.